The molecule has 4 nitrogen and oxygen atoms in total. The van der Waals surface area contributed by atoms with E-state index >= 15 is 0 Å². The van der Waals surface area contributed by atoms with Gasteiger partial charge in [0.1, 0.15) is 5.69 Å². The van der Waals surface area contributed by atoms with Crippen LogP contribution in [-0.4, -0.2) is 23.5 Å². The van der Waals surface area contributed by atoms with E-state index in [2.05, 4.69) is 4.98 Å². The minimum atomic E-state index is -4.56. The summed E-state index contributed by atoms with van der Waals surface area (Å²) in [5.74, 6) is -0.272. The number of alkyl halides is 3. The number of aromatic nitrogens is 1. The summed E-state index contributed by atoms with van der Waals surface area (Å²) in [6.07, 6.45) is -4.41. The van der Waals surface area contributed by atoms with E-state index in [1.165, 1.54) is 4.90 Å². The van der Waals surface area contributed by atoms with E-state index in [1.807, 2.05) is 0 Å². The molecule has 18 heavy (non-hydrogen) atoms. The monoisotopic (exact) mass is 279 g/mol. The predicted molar refractivity (Wildman–Crippen MR) is 59.2 cm³/mol. The summed E-state index contributed by atoms with van der Waals surface area (Å²) in [6, 6.07) is 1.59. The number of pyridine rings is 1. The smallest absolute Gasteiger partial charge is 0.326 e. The first kappa shape index (κ1) is 13.1. The Hall–Kier alpha value is -1.34. The highest BCUT2D eigenvalue weighted by Gasteiger charge is 2.35. The van der Waals surface area contributed by atoms with Crippen LogP contribution in [0.5, 0.6) is 0 Å². The van der Waals surface area contributed by atoms with Crippen LogP contribution in [0, 0.1) is 0 Å². The van der Waals surface area contributed by atoms with Gasteiger partial charge in [0.2, 0.25) is 5.91 Å². The van der Waals surface area contributed by atoms with Gasteiger partial charge in [-0.3, -0.25) is 4.79 Å². The lowest BCUT2D eigenvalue weighted by molar-refractivity contribution is -0.141. The second-order valence-electron chi connectivity index (χ2n) is 3.97. The van der Waals surface area contributed by atoms with Crippen molar-refractivity contribution in [1.29, 1.82) is 0 Å². The zero-order valence-corrected chi connectivity index (χ0v) is 9.79. The summed E-state index contributed by atoms with van der Waals surface area (Å²) in [6.45, 7) is 0.228. The summed E-state index contributed by atoms with van der Waals surface area (Å²) < 4.78 is 37.2. The molecule has 0 bridgehead atoms. The van der Waals surface area contributed by atoms with E-state index in [0.717, 1.165) is 12.1 Å². The van der Waals surface area contributed by atoms with E-state index < -0.39 is 11.9 Å². The largest absolute Gasteiger partial charge is 0.433 e. The highest BCUT2D eigenvalue weighted by atomic mass is 35.5. The zero-order chi connectivity index (χ0) is 13.5. The number of halogens is 4. The van der Waals surface area contributed by atoms with Gasteiger partial charge in [-0.2, -0.15) is 13.2 Å². The van der Waals surface area contributed by atoms with Crippen LogP contribution < -0.4 is 10.6 Å². The van der Waals surface area contributed by atoms with Crippen molar-refractivity contribution < 1.29 is 18.0 Å². The van der Waals surface area contributed by atoms with Crippen LogP contribution in [0.4, 0.5) is 18.9 Å². The molecule has 1 aromatic heterocycles. The van der Waals surface area contributed by atoms with Crippen LogP contribution >= 0.6 is 11.6 Å². The lowest BCUT2D eigenvalue weighted by Crippen LogP contribution is -2.28. The molecular weight excluding hydrogens is 271 g/mol. The molecule has 1 fully saturated rings. The molecule has 0 spiro atoms. The van der Waals surface area contributed by atoms with Crippen LogP contribution in [0.2, 0.25) is 5.15 Å². The second kappa shape index (κ2) is 4.40. The van der Waals surface area contributed by atoms with Gasteiger partial charge in [0.25, 0.3) is 0 Å². The maximum atomic E-state index is 12.4. The summed E-state index contributed by atoms with van der Waals surface area (Å²) in [4.78, 5) is 16.1. The Morgan fingerprint density at radius 1 is 1.44 bits per heavy atom. The van der Waals surface area contributed by atoms with Crippen molar-refractivity contribution in [2.24, 2.45) is 5.73 Å². The van der Waals surface area contributed by atoms with Crippen molar-refractivity contribution in [3.05, 3.63) is 23.0 Å². The van der Waals surface area contributed by atoms with Crippen LogP contribution in [0.1, 0.15) is 12.1 Å². The van der Waals surface area contributed by atoms with Gasteiger partial charge >= 0.3 is 6.18 Å². The molecule has 98 valence electrons. The fraction of sp³-hybridized carbons (Fsp3) is 0.400. The molecule has 1 aliphatic rings. The topological polar surface area (TPSA) is 59.2 Å². The zero-order valence-electron chi connectivity index (χ0n) is 9.04. The van der Waals surface area contributed by atoms with Crippen LogP contribution in [-0.2, 0) is 11.0 Å². The SMILES string of the molecule is NC1CC(=O)N(c2ccc(C(F)(F)F)nc2Cl)C1. The Kier molecular flexibility index (Phi) is 3.20. The summed E-state index contributed by atoms with van der Waals surface area (Å²) in [5.41, 5.74) is 4.66. The summed E-state index contributed by atoms with van der Waals surface area (Å²) >= 11 is 5.68. The molecule has 0 aliphatic carbocycles. The van der Waals surface area contributed by atoms with Crippen molar-refractivity contribution in [1.82, 2.24) is 4.98 Å². The lowest BCUT2D eigenvalue weighted by Gasteiger charge is -2.18. The fourth-order valence-corrected chi connectivity index (χ4v) is 2.01. The number of nitrogens with two attached hydrogens (primary N) is 1. The Bertz CT molecular complexity index is 492. The fourth-order valence-electron chi connectivity index (χ4n) is 1.75. The van der Waals surface area contributed by atoms with Crippen molar-refractivity contribution in [3.8, 4) is 0 Å². The third kappa shape index (κ3) is 2.41. The molecule has 1 aromatic rings. The van der Waals surface area contributed by atoms with E-state index in [-0.39, 0.29) is 35.8 Å². The van der Waals surface area contributed by atoms with Crippen LogP contribution in [0.3, 0.4) is 0 Å². The Labute approximate surface area is 106 Å². The molecule has 1 saturated heterocycles. The second-order valence-corrected chi connectivity index (χ2v) is 4.33. The molecule has 1 unspecified atom stereocenters. The van der Waals surface area contributed by atoms with Crippen molar-refractivity contribution >= 4 is 23.2 Å². The number of anilines is 1. The molecule has 0 radical (unpaired) electrons. The van der Waals surface area contributed by atoms with Crippen LogP contribution in [0.15, 0.2) is 12.1 Å². The first-order valence-electron chi connectivity index (χ1n) is 5.08. The van der Waals surface area contributed by atoms with Gasteiger partial charge in [-0.25, -0.2) is 4.98 Å². The van der Waals surface area contributed by atoms with Crippen molar-refractivity contribution in [2.45, 2.75) is 18.6 Å². The standard InChI is InChI=1S/C10H9ClF3N3O/c11-9-6(17-4-5(15)3-8(17)18)1-2-7(16-9)10(12,13)14/h1-2,5H,3-4,15H2. The molecule has 2 heterocycles. The number of rotatable bonds is 1. The van der Waals surface area contributed by atoms with E-state index in [1.54, 1.807) is 0 Å². The van der Waals surface area contributed by atoms with Gasteiger partial charge in [-0.1, -0.05) is 11.6 Å². The molecule has 1 amide bonds. The minimum Gasteiger partial charge on any atom is -0.326 e. The Morgan fingerprint density at radius 2 is 2.11 bits per heavy atom. The molecule has 1 atom stereocenters. The molecule has 8 heteroatoms. The van der Waals surface area contributed by atoms with Crippen LogP contribution in [0.25, 0.3) is 0 Å². The number of hydrogen-bond acceptors (Lipinski definition) is 3. The predicted octanol–water partition coefficient (Wildman–Crippen LogP) is 1.82. The molecule has 1 aliphatic heterocycles. The molecule has 0 aromatic carbocycles. The van der Waals surface area contributed by atoms with Gasteiger partial charge in [-0.05, 0) is 12.1 Å². The van der Waals surface area contributed by atoms with Gasteiger partial charge < -0.3 is 10.6 Å². The van der Waals surface area contributed by atoms with Gasteiger partial charge in [0.15, 0.2) is 5.15 Å². The van der Waals surface area contributed by atoms with Gasteiger partial charge in [0.05, 0.1) is 5.69 Å². The first-order chi connectivity index (χ1) is 8.29. The van der Waals surface area contributed by atoms with Crippen molar-refractivity contribution in [2.75, 3.05) is 11.4 Å². The minimum absolute atomic E-state index is 0.150. The summed E-state index contributed by atoms with van der Waals surface area (Å²) in [7, 11) is 0. The lowest BCUT2D eigenvalue weighted by atomic mass is 10.3. The molecule has 2 N–H and O–H groups in total. The van der Waals surface area contributed by atoms with E-state index in [4.69, 9.17) is 17.3 Å². The van der Waals surface area contributed by atoms with Gasteiger partial charge in [-0.15, -0.1) is 0 Å². The number of nitrogens with zero attached hydrogens (tertiary/aromatic N) is 2. The van der Waals surface area contributed by atoms with E-state index in [0.29, 0.717) is 0 Å². The first-order valence-corrected chi connectivity index (χ1v) is 5.46. The third-order valence-corrected chi connectivity index (χ3v) is 2.84. The number of carbonyl (C=O) groups excluding carboxylic acids is 1. The third-order valence-electron chi connectivity index (χ3n) is 2.57. The normalized spacial score (nSPS) is 20.6. The number of carbonyl (C=O) groups is 1. The highest BCUT2D eigenvalue weighted by molar-refractivity contribution is 6.32. The molecule has 0 saturated carbocycles. The molecular formula is C10H9ClF3N3O. The van der Waals surface area contributed by atoms with Crippen molar-refractivity contribution in [3.63, 3.8) is 0 Å². The number of amides is 1. The Morgan fingerprint density at radius 3 is 2.56 bits per heavy atom. The summed E-state index contributed by atoms with van der Waals surface area (Å²) in [5, 5.41) is -0.354. The number of hydrogen-bond donors (Lipinski definition) is 1. The molecule has 2 rings (SSSR count). The highest BCUT2D eigenvalue weighted by Crippen LogP contribution is 2.33. The average Bonchev–Trinajstić information content (AvgIpc) is 2.56. The Balaban J connectivity index is 2.34. The maximum absolute atomic E-state index is 12.4. The van der Waals surface area contributed by atoms with Gasteiger partial charge in [0, 0.05) is 19.0 Å². The average molecular weight is 280 g/mol. The van der Waals surface area contributed by atoms with E-state index in [9.17, 15) is 18.0 Å². The maximum Gasteiger partial charge on any atom is 0.433 e. The quantitative estimate of drug-likeness (QED) is 0.798.